The summed E-state index contributed by atoms with van der Waals surface area (Å²) in [5, 5.41) is 7.41. The van der Waals surface area contributed by atoms with Crippen molar-refractivity contribution in [3.8, 4) is 11.5 Å². The van der Waals surface area contributed by atoms with E-state index in [0.717, 1.165) is 68.0 Å². The molecule has 0 aliphatic carbocycles. The summed E-state index contributed by atoms with van der Waals surface area (Å²) in [4.78, 5) is 9.52. The Labute approximate surface area is 158 Å². The number of benzene rings is 1. The molecule has 3 heterocycles. The molecule has 0 radical (unpaired) electrons. The highest BCUT2D eigenvalue weighted by molar-refractivity contribution is 5.80. The van der Waals surface area contributed by atoms with Crippen molar-refractivity contribution in [2.45, 2.75) is 20.0 Å². The van der Waals surface area contributed by atoms with Gasteiger partial charge in [0.25, 0.3) is 0 Å². The number of hydrogen-bond acceptors (Lipinski definition) is 6. The smallest absolute Gasteiger partial charge is 0.231 e. The number of fused-ring (bicyclic) bond motifs is 1. The number of guanidine groups is 1. The van der Waals surface area contributed by atoms with Gasteiger partial charge in [0, 0.05) is 45.3 Å². The maximum absolute atomic E-state index is 5.45. The molecule has 0 spiro atoms. The van der Waals surface area contributed by atoms with Gasteiger partial charge in [-0.1, -0.05) is 11.2 Å². The maximum Gasteiger partial charge on any atom is 0.231 e. The van der Waals surface area contributed by atoms with Gasteiger partial charge in [0.05, 0.1) is 12.2 Å². The standard InChI is InChI=1S/C19H25N5O3/c1-2-20-19(21-12-15-3-4-17-18(11-15)26-14-25-17)24-8-6-23(7-9-24)13-16-5-10-27-22-16/h3-5,10-11H,2,6-9,12-14H2,1H3,(H,20,21). The summed E-state index contributed by atoms with van der Waals surface area (Å²) in [5.41, 5.74) is 2.09. The highest BCUT2D eigenvalue weighted by Gasteiger charge is 2.20. The Morgan fingerprint density at radius 3 is 2.78 bits per heavy atom. The van der Waals surface area contributed by atoms with Crippen molar-refractivity contribution in [2.24, 2.45) is 4.99 Å². The fraction of sp³-hybridized carbons (Fsp3) is 0.474. The number of hydrogen-bond donors (Lipinski definition) is 1. The van der Waals surface area contributed by atoms with Crippen molar-refractivity contribution >= 4 is 5.96 Å². The van der Waals surface area contributed by atoms with E-state index in [0.29, 0.717) is 13.3 Å². The fourth-order valence-corrected chi connectivity index (χ4v) is 3.30. The van der Waals surface area contributed by atoms with E-state index < -0.39 is 0 Å². The molecule has 0 saturated carbocycles. The van der Waals surface area contributed by atoms with Crippen molar-refractivity contribution in [1.29, 1.82) is 0 Å². The molecule has 2 aromatic rings. The maximum atomic E-state index is 5.45. The minimum absolute atomic E-state index is 0.295. The number of aliphatic imine (C=N–C) groups is 1. The minimum atomic E-state index is 0.295. The summed E-state index contributed by atoms with van der Waals surface area (Å²) in [5.74, 6) is 2.56. The Kier molecular flexibility index (Phi) is 5.43. The number of piperazine rings is 1. The van der Waals surface area contributed by atoms with Crippen LogP contribution in [0, 0.1) is 0 Å². The van der Waals surface area contributed by atoms with Crippen LogP contribution in [0.25, 0.3) is 0 Å². The number of rotatable bonds is 5. The van der Waals surface area contributed by atoms with Crippen molar-refractivity contribution in [3.05, 3.63) is 41.8 Å². The molecular weight excluding hydrogens is 346 g/mol. The lowest BCUT2D eigenvalue weighted by atomic mass is 10.2. The Morgan fingerprint density at radius 1 is 1.15 bits per heavy atom. The van der Waals surface area contributed by atoms with Gasteiger partial charge in [-0.25, -0.2) is 4.99 Å². The van der Waals surface area contributed by atoms with Gasteiger partial charge in [0.15, 0.2) is 17.5 Å². The topological polar surface area (TPSA) is 75.4 Å². The first-order valence-corrected chi connectivity index (χ1v) is 9.35. The van der Waals surface area contributed by atoms with Crippen molar-refractivity contribution in [3.63, 3.8) is 0 Å². The van der Waals surface area contributed by atoms with Crippen LogP contribution in [0.2, 0.25) is 0 Å². The van der Waals surface area contributed by atoms with E-state index in [1.54, 1.807) is 6.26 Å². The van der Waals surface area contributed by atoms with E-state index >= 15 is 0 Å². The molecule has 0 bridgehead atoms. The monoisotopic (exact) mass is 371 g/mol. The number of nitrogens with zero attached hydrogens (tertiary/aromatic N) is 4. The van der Waals surface area contributed by atoms with Gasteiger partial charge in [-0.15, -0.1) is 0 Å². The van der Waals surface area contributed by atoms with Crippen molar-refractivity contribution < 1.29 is 14.0 Å². The van der Waals surface area contributed by atoms with Gasteiger partial charge in [0.1, 0.15) is 6.26 Å². The summed E-state index contributed by atoms with van der Waals surface area (Å²) in [6.07, 6.45) is 1.62. The highest BCUT2D eigenvalue weighted by Crippen LogP contribution is 2.32. The molecule has 0 amide bonds. The Morgan fingerprint density at radius 2 is 2.00 bits per heavy atom. The van der Waals surface area contributed by atoms with E-state index in [-0.39, 0.29) is 0 Å². The summed E-state index contributed by atoms with van der Waals surface area (Å²) >= 11 is 0. The Balaban J connectivity index is 1.35. The Bertz CT molecular complexity index is 770. The third-order valence-corrected chi connectivity index (χ3v) is 4.73. The normalized spacial score (nSPS) is 17.4. The molecule has 2 aliphatic heterocycles. The summed E-state index contributed by atoms with van der Waals surface area (Å²) in [6, 6.07) is 7.91. The third-order valence-electron chi connectivity index (χ3n) is 4.73. The predicted molar refractivity (Wildman–Crippen MR) is 101 cm³/mol. The van der Waals surface area contributed by atoms with E-state index in [9.17, 15) is 0 Å². The minimum Gasteiger partial charge on any atom is -0.454 e. The van der Waals surface area contributed by atoms with Crippen LogP contribution in [-0.2, 0) is 13.1 Å². The summed E-state index contributed by atoms with van der Waals surface area (Å²) in [7, 11) is 0. The summed E-state index contributed by atoms with van der Waals surface area (Å²) < 4.78 is 15.7. The molecule has 8 nitrogen and oxygen atoms in total. The average molecular weight is 371 g/mol. The van der Waals surface area contributed by atoms with Crippen molar-refractivity contribution in [1.82, 2.24) is 20.3 Å². The van der Waals surface area contributed by atoms with Crippen molar-refractivity contribution in [2.75, 3.05) is 39.5 Å². The van der Waals surface area contributed by atoms with E-state index in [1.165, 1.54) is 0 Å². The van der Waals surface area contributed by atoms with Crippen LogP contribution >= 0.6 is 0 Å². The second-order valence-electron chi connectivity index (χ2n) is 6.61. The zero-order chi connectivity index (χ0) is 18.5. The van der Waals surface area contributed by atoms with E-state index in [4.69, 9.17) is 19.0 Å². The zero-order valence-corrected chi connectivity index (χ0v) is 15.6. The molecule has 4 rings (SSSR count). The van der Waals surface area contributed by atoms with E-state index in [1.807, 2.05) is 24.3 Å². The lowest BCUT2D eigenvalue weighted by Gasteiger charge is -2.36. The molecule has 2 aliphatic rings. The lowest BCUT2D eigenvalue weighted by molar-refractivity contribution is 0.169. The number of nitrogens with one attached hydrogen (secondary N) is 1. The summed E-state index contributed by atoms with van der Waals surface area (Å²) in [6.45, 7) is 8.49. The third kappa shape index (κ3) is 4.33. The van der Waals surface area contributed by atoms with Crippen LogP contribution in [0.15, 0.2) is 40.0 Å². The molecule has 144 valence electrons. The SMILES string of the molecule is CCNC(=NCc1ccc2c(c1)OCO2)N1CCN(Cc2ccon2)CC1. The van der Waals surface area contributed by atoms with Crippen LogP contribution in [0.3, 0.4) is 0 Å². The van der Waals surface area contributed by atoms with Gasteiger partial charge in [-0.3, -0.25) is 4.90 Å². The van der Waals surface area contributed by atoms with Crippen LogP contribution in [0.4, 0.5) is 0 Å². The Hall–Kier alpha value is -2.74. The van der Waals surface area contributed by atoms with Crippen LogP contribution in [0.1, 0.15) is 18.2 Å². The number of ether oxygens (including phenoxy) is 2. The van der Waals surface area contributed by atoms with Crippen LogP contribution < -0.4 is 14.8 Å². The molecule has 27 heavy (non-hydrogen) atoms. The second kappa shape index (κ2) is 8.30. The van der Waals surface area contributed by atoms with Gasteiger partial charge in [-0.2, -0.15) is 0 Å². The highest BCUT2D eigenvalue weighted by atomic mass is 16.7. The van der Waals surface area contributed by atoms with Gasteiger partial charge in [0.2, 0.25) is 6.79 Å². The molecule has 1 fully saturated rings. The van der Waals surface area contributed by atoms with Crippen LogP contribution in [0.5, 0.6) is 11.5 Å². The van der Waals surface area contributed by atoms with Gasteiger partial charge < -0.3 is 24.2 Å². The predicted octanol–water partition coefficient (Wildman–Crippen LogP) is 1.69. The van der Waals surface area contributed by atoms with Gasteiger partial charge >= 0.3 is 0 Å². The first kappa shape index (κ1) is 17.7. The van der Waals surface area contributed by atoms with Gasteiger partial charge in [-0.05, 0) is 24.6 Å². The zero-order valence-electron chi connectivity index (χ0n) is 15.6. The quantitative estimate of drug-likeness (QED) is 0.633. The second-order valence-corrected chi connectivity index (χ2v) is 6.61. The fourth-order valence-electron chi connectivity index (χ4n) is 3.30. The molecular formula is C19H25N5O3. The molecule has 1 saturated heterocycles. The molecule has 0 unspecified atom stereocenters. The van der Waals surface area contributed by atoms with E-state index in [2.05, 4.69) is 27.2 Å². The van der Waals surface area contributed by atoms with Crippen LogP contribution in [-0.4, -0.2) is 60.4 Å². The molecule has 1 aromatic carbocycles. The molecule has 1 aromatic heterocycles. The molecule has 1 N–H and O–H groups in total. The average Bonchev–Trinajstić information content (AvgIpc) is 3.37. The largest absolute Gasteiger partial charge is 0.454 e. The molecule has 8 heteroatoms. The first-order chi connectivity index (χ1) is 13.3. The lowest BCUT2D eigenvalue weighted by Crippen LogP contribution is -2.52. The molecule has 0 atom stereocenters. The first-order valence-electron chi connectivity index (χ1n) is 9.35. The number of aromatic nitrogens is 1.